The lowest BCUT2D eigenvalue weighted by Crippen LogP contribution is -2.03. The second-order valence-corrected chi connectivity index (χ2v) is 5.60. The number of aliphatic hydroxyl groups excluding tert-OH is 1. The molecule has 0 saturated heterocycles. The Bertz CT molecular complexity index is 569. The Morgan fingerprint density at radius 1 is 1.28 bits per heavy atom. The van der Waals surface area contributed by atoms with Crippen molar-refractivity contribution < 1.29 is 18.3 Å². The van der Waals surface area contributed by atoms with Crippen LogP contribution in [-0.2, 0) is 12.8 Å². The fourth-order valence-corrected chi connectivity index (χ4v) is 3.35. The van der Waals surface area contributed by atoms with Crippen LogP contribution in [0.3, 0.4) is 0 Å². The first-order valence-corrected chi connectivity index (χ1v) is 6.39. The van der Waals surface area contributed by atoms with E-state index in [1.165, 1.54) is 17.4 Å². The van der Waals surface area contributed by atoms with E-state index in [1.807, 2.05) is 13.8 Å². The molecule has 0 amide bonds. The lowest BCUT2D eigenvalue weighted by atomic mass is 9.99. The molecule has 0 atom stereocenters. The van der Waals surface area contributed by atoms with Gasteiger partial charge in [0.25, 0.3) is 0 Å². The highest BCUT2D eigenvalue weighted by Crippen LogP contribution is 2.39. The molecule has 5 heteroatoms. The number of hydrogen-bond acceptors (Lipinski definition) is 2. The molecule has 0 fully saturated rings. The van der Waals surface area contributed by atoms with Gasteiger partial charge in [0.05, 0.1) is 12.2 Å². The topological polar surface area (TPSA) is 20.2 Å². The predicted molar refractivity (Wildman–Crippen MR) is 66.8 cm³/mol. The van der Waals surface area contributed by atoms with Crippen LogP contribution in [0.1, 0.15) is 35.8 Å². The lowest BCUT2D eigenvalue weighted by molar-refractivity contribution is -0.137. The molecule has 1 aromatic heterocycles. The van der Waals surface area contributed by atoms with Gasteiger partial charge in [-0.1, -0.05) is 19.9 Å². The van der Waals surface area contributed by atoms with Crippen molar-refractivity contribution in [1.29, 1.82) is 0 Å². The standard InChI is InChI=1S/C13H13F3OS/c1-7(2)12-9-4-3-8(13(14,15)16)5-10(9)18-11(12)6-17/h3-5,7,17H,6H2,1-2H3. The van der Waals surface area contributed by atoms with E-state index in [-0.39, 0.29) is 12.5 Å². The Morgan fingerprint density at radius 3 is 2.44 bits per heavy atom. The highest BCUT2D eigenvalue weighted by atomic mass is 32.1. The average molecular weight is 274 g/mol. The molecule has 98 valence electrons. The number of thiophene rings is 1. The maximum atomic E-state index is 12.6. The molecule has 2 rings (SSSR count). The van der Waals surface area contributed by atoms with Crippen molar-refractivity contribution >= 4 is 21.4 Å². The molecular formula is C13H13F3OS. The number of alkyl halides is 3. The zero-order valence-corrected chi connectivity index (χ0v) is 10.8. The van der Waals surface area contributed by atoms with Crippen LogP contribution in [0.15, 0.2) is 18.2 Å². The Morgan fingerprint density at radius 2 is 1.94 bits per heavy atom. The summed E-state index contributed by atoms with van der Waals surface area (Å²) in [4.78, 5) is 0.749. The van der Waals surface area contributed by atoms with Crippen molar-refractivity contribution in [2.24, 2.45) is 0 Å². The predicted octanol–water partition coefficient (Wildman–Crippen LogP) is 4.54. The Labute approximate surface area is 107 Å². The summed E-state index contributed by atoms with van der Waals surface area (Å²) in [7, 11) is 0. The minimum absolute atomic E-state index is 0.131. The first-order chi connectivity index (χ1) is 8.34. The van der Waals surface area contributed by atoms with E-state index in [2.05, 4.69) is 0 Å². The third-order valence-electron chi connectivity index (χ3n) is 2.85. The summed E-state index contributed by atoms with van der Waals surface area (Å²) in [6, 6.07) is 3.76. The van der Waals surface area contributed by atoms with Crippen LogP contribution >= 0.6 is 11.3 Å². The molecule has 1 nitrogen and oxygen atoms in total. The Hall–Kier alpha value is -1.07. The fourth-order valence-electron chi connectivity index (χ4n) is 2.09. The SMILES string of the molecule is CC(C)c1c(CO)sc2cc(C(F)(F)F)ccc12. The number of aliphatic hydroxyl groups is 1. The number of hydrogen-bond donors (Lipinski definition) is 1. The highest BCUT2D eigenvalue weighted by molar-refractivity contribution is 7.19. The summed E-state index contributed by atoms with van der Waals surface area (Å²) in [5.41, 5.74) is 0.308. The van der Waals surface area contributed by atoms with Gasteiger partial charge in [0, 0.05) is 9.58 Å². The van der Waals surface area contributed by atoms with Crippen LogP contribution < -0.4 is 0 Å². The molecular weight excluding hydrogens is 261 g/mol. The first-order valence-electron chi connectivity index (χ1n) is 5.58. The van der Waals surface area contributed by atoms with Crippen LogP contribution in [0.25, 0.3) is 10.1 Å². The largest absolute Gasteiger partial charge is 0.416 e. The van der Waals surface area contributed by atoms with Gasteiger partial charge in [-0.2, -0.15) is 13.2 Å². The van der Waals surface area contributed by atoms with Crippen molar-refractivity contribution in [1.82, 2.24) is 0 Å². The fraction of sp³-hybridized carbons (Fsp3) is 0.385. The molecule has 1 aromatic carbocycles. The zero-order valence-electron chi connectivity index (χ0n) is 10.0. The van der Waals surface area contributed by atoms with E-state index in [9.17, 15) is 18.3 Å². The van der Waals surface area contributed by atoms with Crippen molar-refractivity contribution in [3.8, 4) is 0 Å². The molecule has 0 aliphatic heterocycles. The van der Waals surface area contributed by atoms with Crippen LogP contribution in [-0.4, -0.2) is 5.11 Å². The minimum Gasteiger partial charge on any atom is -0.391 e. The van der Waals surface area contributed by atoms with Gasteiger partial charge in [0.15, 0.2) is 0 Å². The molecule has 0 spiro atoms. The van der Waals surface area contributed by atoms with Gasteiger partial charge < -0.3 is 5.11 Å². The molecule has 0 bridgehead atoms. The van der Waals surface area contributed by atoms with E-state index in [1.54, 1.807) is 0 Å². The van der Waals surface area contributed by atoms with E-state index in [0.717, 1.165) is 28.0 Å². The Balaban J connectivity index is 2.67. The second kappa shape index (κ2) is 4.55. The molecule has 0 saturated carbocycles. The summed E-state index contributed by atoms with van der Waals surface area (Å²) in [5.74, 6) is 0.178. The smallest absolute Gasteiger partial charge is 0.391 e. The molecule has 1 N–H and O–H groups in total. The summed E-state index contributed by atoms with van der Waals surface area (Å²) >= 11 is 1.23. The van der Waals surface area contributed by atoms with Crippen LogP contribution in [0.5, 0.6) is 0 Å². The highest BCUT2D eigenvalue weighted by Gasteiger charge is 2.31. The van der Waals surface area contributed by atoms with E-state index in [4.69, 9.17) is 0 Å². The summed E-state index contributed by atoms with van der Waals surface area (Å²) in [6.07, 6.45) is -4.32. The van der Waals surface area contributed by atoms with Crippen molar-refractivity contribution in [2.45, 2.75) is 32.5 Å². The van der Waals surface area contributed by atoms with E-state index < -0.39 is 11.7 Å². The van der Waals surface area contributed by atoms with Gasteiger partial charge in [0.1, 0.15) is 0 Å². The normalized spacial score (nSPS) is 12.6. The van der Waals surface area contributed by atoms with Crippen LogP contribution in [0.2, 0.25) is 0 Å². The third kappa shape index (κ3) is 2.24. The van der Waals surface area contributed by atoms with Crippen LogP contribution in [0.4, 0.5) is 13.2 Å². The molecule has 2 aromatic rings. The van der Waals surface area contributed by atoms with Gasteiger partial charge in [0.2, 0.25) is 0 Å². The molecule has 0 aliphatic carbocycles. The number of halogens is 3. The van der Waals surface area contributed by atoms with Gasteiger partial charge in [-0.15, -0.1) is 11.3 Å². The van der Waals surface area contributed by atoms with Gasteiger partial charge in [-0.3, -0.25) is 0 Å². The number of fused-ring (bicyclic) bond motifs is 1. The minimum atomic E-state index is -4.32. The molecule has 18 heavy (non-hydrogen) atoms. The van der Waals surface area contributed by atoms with Gasteiger partial charge >= 0.3 is 6.18 Å². The van der Waals surface area contributed by atoms with Crippen molar-refractivity contribution in [2.75, 3.05) is 0 Å². The van der Waals surface area contributed by atoms with E-state index >= 15 is 0 Å². The summed E-state index contributed by atoms with van der Waals surface area (Å²) < 4.78 is 38.4. The summed E-state index contributed by atoms with van der Waals surface area (Å²) in [5, 5.41) is 10.1. The third-order valence-corrected chi connectivity index (χ3v) is 4.01. The lowest BCUT2D eigenvalue weighted by Gasteiger charge is -2.08. The maximum Gasteiger partial charge on any atom is 0.416 e. The second-order valence-electron chi connectivity index (χ2n) is 4.46. The molecule has 0 radical (unpaired) electrons. The van der Waals surface area contributed by atoms with Crippen molar-refractivity contribution in [3.05, 3.63) is 34.2 Å². The molecule has 0 aliphatic rings. The molecule has 1 heterocycles. The Kier molecular flexibility index (Phi) is 3.38. The van der Waals surface area contributed by atoms with Crippen molar-refractivity contribution in [3.63, 3.8) is 0 Å². The van der Waals surface area contributed by atoms with E-state index in [0.29, 0.717) is 4.70 Å². The number of benzene rings is 1. The summed E-state index contributed by atoms with van der Waals surface area (Å²) in [6.45, 7) is 3.81. The number of rotatable bonds is 2. The average Bonchev–Trinajstić information content (AvgIpc) is 2.64. The zero-order chi connectivity index (χ0) is 13.5. The van der Waals surface area contributed by atoms with Crippen LogP contribution in [0, 0.1) is 0 Å². The quantitative estimate of drug-likeness (QED) is 0.852. The van der Waals surface area contributed by atoms with Gasteiger partial charge in [-0.25, -0.2) is 0 Å². The monoisotopic (exact) mass is 274 g/mol. The first kappa shape index (κ1) is 13.4. The maximum absolute atomic E-state index is 12.6. The molecule has 0 unspecified atom stereocenters. The van der Waals surface area contributed by atoms with Gasteiger partial charge in [-0.05, 0) is 29.0 Å².